The normalized spacial score (nSPS) is 19.5. The molecule has 118 valence electrons. The van der Waals surface area contributed by atoms with Crippen molar-refractivity contribution in [2.45, 2.75) is 39.8 Å². The van der Waals surface area contributed by atoms with Crippen molar-refractivity contribution in [3.05, 3.63) is 40.6 Å². The van der Waals surface area contributed by atoms with Crippen LogP contribution in [-0.4, -0.2) is 48.0 Å². The van der Waals surface area contributed by atoms with E-state index in [2.05, 4.69) is 62.9 Å². The molecule has 2 heterocycles. The molecule has 0 saturated carbocycles. The van der Waals surface area contributed by atoms with E-state index in [1.54, 1.807) is 0 Å². The maximum absolute atomic E-state index is 4.79. The number of hydrogen-bond donors (Lipinski definition) is 0. The molecule has 0 bridgehead atoms. The Balaban J connectivity index is 1.93. The SMILES string of the molecule is Cc1cc(CN2CC[C@H](N(C)C)C2)c2ccc(C)c(C)c2n1. The third-order valence-corrected chi connectivity index (χ3v) is 5.09. The second-order valence-corrected chi connectivity index (χ2v) is 6.97. The molecule has 1 aliphatic heterocycles. The van der Waals surface area contributed by atoms with Crippen LogP contribution in [0.5, 0.6) is 0 Å². The van der Waals surface area contributed by atoms with Gasteiger partial charge in [0.2, 0.25) is 0 Å². The van der Waals surface area contributed by atoms with Crippen LogP contribution >= 0.6 is 0 Å². The minimum Gasteiger partial charge on any atom is -0.305 e. The van der Waals surface area contributed by atoms with E-state index >= 15 is 0 Å². The van der Waals surface area contributed by atoms with Crippen molar-refractivity contribution in [2.75, 3.05) is 27.2 Å². The average Bonchev–Trinajstić information content (AvgIpc) is 2.92. The minimum atomic E-state index is 0.693. The van der Waals surface area contributed by atoms with Gasteiger partial charge in [0, 0.05) is 36.8 Å². The summed E-state index contributed by atoms with van der Waals surface area (Å²) in [6.45, 7) is 9.85. The van der Waals surface area contributed by atoms with E-state index in [0.717, 1.165) is 12.2 Å². The number of pyridine rings is 1. The summed E-state index contributed by atoms with van der Waals surface area (Å²) in [5, 5.41) is 1.32. The van der Waals surface area contributed by atoms with Gasteiger partial charge in [-0.25, -0.2) is 0 Å². The van der Waals surface area contributed by atoms with Gasteiger partial charge in [0.25, 0.3) is 0 Å². The molecule has 0 aliphatic carbocycles. The van der Waals surface area contributed by atoms with Crippen LogP contribution in [0.1, 0.15) is 28.8 Å². The van der Waals surface area contributed by atoms with Gasteiger partial charge in [0.05, 0.1) is 5.52 Å². The lowest BCUT2D eigenvalue weighted by Crippen LogP contribution is -2.31. The summed E-state index contributed by atoms with van der Waals surface area (Å²) in [4.78, 5) is 9.72. The molecule has 3 nitrogen and oxygen atoms in total. The van der Waals surface area contributed by atoms with Crippen LogP contribution in [0.4, 0.5) is 0 Å². The van der Waals surface area contributed by atoms with Crippen molar-refractivity contribution in [2.24, 2.45) is 0 Å². The van der Waals surface area contributed by atoms with Gasteiger partial charge in [-0.15, -0.1) is 0 Å². The number of likely N-dealkylation sites (tertiary alicyclic amines) is 1. The summed E-state index contributed by atoms with van der Waals surface area (Å²) in [5.41, 5.74) is 6.36. The molecule has 0 N–H and O–H groups in total. The molecule has 1 aliphatic rings. The Morgan fingerprint density at radius 1 is 1.23 bits per heavy atom. The molecule has 1 atom stereocenters. The number of aromatic nitrogens is 1. The van der Waals surface area contributed by atoms with Crippen LogP contribution in [-0.2, 0) is 6.54 Å². The summed E-state index contributed by atoms with van der Waals surface area (Å²) in [5.74, 6) is 0. The van der Waals surface area contributed by atoms with Gasteiger partial charge >= 0.3 is 0 Å². The van der Waals surface area contributed by atoms with Gasteiger partial charge in [-0.1, -0.05) is 12.1 Å². The summed E-state index contributed by atoms with van der Waals surface area (Å²) in [7, 11) is 4.37. The van der Waals surface area contributed by atoms with E-state index in [1.807, 2.05) is 0 Å². The second kappa shape index (κ2) is 5.98. The van der Waals surface area contributed by atoms with Crippen LogP contribution in [0.25, 0.3) is 10.9 Å². The van der Waals surface area contributed by atoms with Crippen LogP contribution in [0.15, 0.2) is 18.2 Å². The van der Waals surface area contributed by atoms with Crippen molar-refractivity contribution >= 4 is 10.9 Å². The van der Waals surface area contributed by atoms with Crippen LogP contribution < -0.4 is 0 Å². The minimum absolute atomic E-state index is 0.693. The van der Waals surface area contributed by atoms with E-state index in [9.17, 15) is 0 Å². The molecular formula is C19H27N3. The van der Waals surface area contributed by atoms with Crippen molar-refractivity contribution in [1.82, 2.24) is 14.8 Å². The number of aryl methyl sites for hydroxylation is 3. The molecule has 3 heteroatoms. The van der Waals surface area contributed by atoms with Crippen molar-refractivity contribution in [1.29, 1.82) is 0 Å². The topological polar surface area (TPSA) is 19.4 Å². The Bertz CT molecular complexity index is 691. The van der Waals surface area contributed by atoms with Crippen LogP contribution in [0, 0.1) is 20.8 Å². The molecule has 0 unspecified atom stereocenters. The van der Waals surface area contributed by atoms with E-state index in [1.165, 1.54) is 47.1 Å². The first kappa shape index (κ1) is 15.4. The van der Waals surface area contributed by atoms with Gasteiger partial charge in [0.1, 0.15) is 0 Å². The quantitative estimate of drug-likeness (QED) is 0.866. The summed E-state index contributed by atoms with van der Waals surface area (Å²) >= 11 is 0. The maximum Gasteiger partial charge on any atom is 0.0740 e. The molecule has 0 amide bonds. The first-order valence-electron chi connectivity index (χ1n) is 8.21. The summed E-state index contributed by atoms with van der Waals surface area (Å²) in [6.07, 6.45) is 1.27. The van der Waals surface area contributed by atoms with Gasteiger partial charge in [-0.2, -0.15) is 0 Å². The highest BCUT2D eigenvalue weighted by Gasteiger charge is 2.24. The predicted molar refractivity (Wildman–Crippen MR) is 93.3 cm³/mol. The summed E-state index contributed by atoms with van der Waals surface area (Å²) in [6, 6.07) is 7.43. The zero-order valence-electron chi connectivity index (χ0n) is 14.5. The fourth-order valence-corrected chi connectivity index (χ4v) is 3.49. The van der Waals surface area contributed by atoms with Gasteiger partial charge in [-0.3, -0.25) is 9.88 Å². The standard InChI is InChI=1S/C19H27N3/c1-13-6-7-18-16(10-14(2)20-19(18)15(13)3)11-22-9-8-17(12-22)21(4)5/h6-7,10,17H,8-9,11-12H2,1-5H3/t17-/m0/s1. The molecule has 1 aromatic carbocycles. The fourth-order valence-electron chi connectivity index (χ4n) is 3.49. The Morgan fingerprint density at radius 2 is 2.00 bits per heavy atom. The monoisotopic (exact) mass is 297 g/mol. The Labute approximate surface area is 133 Å². The van der Waals surface area contributed by atoms with Gasteiger partial charge < -0.3 is 4.90 Å². The Kier molecular flexibility index (Phi) is 4.20. The highest BCUT2D eigenvalue weighted by atomic mass is 15.2. The van der Waals surface area contributed by atoms with Crippen molar-refractivity contribution in [3.63, 3.8) is 0 Å². The molecule has 3 rings (SSSR count). The number of benzene rings is 1. The fraction of sp³-hybridized carbons (Fsp3) is 0.526. The number of hydrogen-bond acceptors (Lipinski definition) is 3. The molecular weight excluding hydrogens is 270 g/mol. The van der Waals surface area contributed by atoms with E-state index in [-0.39, 0.29) is 0 Å². The largest absolute Gasteiger partial charge is 0.305 e. The lowest BCUT2D eigenvalue weighted by atomic mass is 10.0. The van der Waals surface area contributed by atoms with Gasteiger partial charge in [-0.05, 0) is 64.0 Å². The second-order valence-electron chi connectivity index (χ2n) is 6.97. The van der Waals surface area contributed by atoms with Crippen molar-refractivity contribution in [3.8, 4) is 0 Å². The third-order valence-electron chi connectivity index (χ3n) is 5.09. The summed E-state index contributed by atoms with van der Waals surface area (Å²) < 4.78 is 0. The zero-order valence-corrected chi connectivity index (χ0v) is 14.5. The average molecular weight is 297 g/mol. The number of nitrogens with zero attached hydrogens (tertiary/aromatic N) is 3. The molecule has 0 radical (unpaired) electrons. The Hall–Kier alpha value is -1.45. The first-order valence-corrected chi connectivity index (χ1v) is 8.21. The molecule has 1 saturated heterocycles. The molecule has 0 spiro atoms. The third kappa shape index (κ3) is 2.88. The number of likely N-dealkylation sites (N-methyl/N-ethyl adjacent to an activating group) is 1. The smallest absolute Gasteiger partial charge is 0.0740 e. The molecule has 2 aromatic rings. The van der Waals surface area contributed by atoms with Crippen LogP contribution in [0.3, 0.4) is 0 Å². The maximum atomic E-state index is 4.79. The predicted octanol–water partition coefficient (Wildman–Crippen LogP) is 3.30. The van der Waals surface area contributed by atoms with E-state index < -0.39 is 0 Å². The Morgan fingerprint density at radius 3 is 2.68 bits per heavy atom. The van der Waals surface area contributed by atoms with Gasteiger partial charge in [0.15, 0.2) is 0 Å². The first-order chi connectivity index (χ1) is 10.5. The molecule has 1 aromatic heterocycles. The lowest BCUT2D eigenvalue weighted by Gasteiger charge is -2.21. The van der Waals surface area contributed by atoms with Crippen molar-refractivity contribution < 1.29 is 0 Å². The molecule has 1 fully saturated rings. The number of rotatable bonds is 3. The highest BCUT2D eigenvalue weighted by Crippen LogP contribution is 2.26. The number of fused-ring (bicyclic) bond motifs is 1. The lowest BCUT2D eigenvalue weighted by molar-refractivity contribution is 0.265. The van der Waals surface area contributed by atoms with Crippen LogP contribution in [0.2, 0.25) is 0 Å². The van der Waals surface area contributed by atoms with E-state index in [4.69, 9.17) is 4.98 Å². The van der Waals surface area contributed by atoms with E-state index in [0.29, 0.717) is 6.04 Å². The molecule has 22 heavy (non-hydrogen) atoms. The highest BCUT2D eigenvalue weighted by molar-refractivity contribution is 5.86. The zero-order chi connectivity index (χ0) is 15.9.